The van der Waals surface area contributed by atoms with Gasteiger partial charge in [-0.1, -0.05) is 43.4 Å². The summed E-state index contributed by atoms with van der Waals surface area (Å²) in [4.78, 5) is 11.9. The number of aromatic nitrogens is 2. The molecule has 0 aliphatic heterocycles. The van der Waals surface area contributed by atoms with Gasteiger partial charge in [-0.05, 0) is 30.4 Å². The van der Waals surface area contributed by atoms with Crippen LogP contribution in [0.1, 0.15) is 43.2 Å². The van der Waals surface area contributed by atoms with Crippen LogP contribution in [0.2, 0.25) is 0 Å². The van der Waals surface area contributed by atoms with Gasteiger partial charge in [-0.25, -0.2) is 0 Å². The molecule has 3 N–H and O–H groups in total. The number of anilines is 1. The zero-order valence-electron chi connectivity index (χ0n) is 14.1. The third kappa shape index (κ3) is 5.49. The molecule has 0 unspecified atom stereocenters. The van der Waals surface area contributed by atoms with Crippen LogP contribution in [-0.4, -0.2) is 29.3 Å². The highest BCUT2D eigenvalue weighted by Crippen LogP contribution is 2.28. The zero-order chi connectivity index (χ0) is 17.4. The van der Waals surface area contributed by atoms with Gasteiger partial charge in [0.25, 0.3) is 5.91 Å². The first-order valence-electron chi connectivity index (χ1n) is 8.16. The van der Waals surface area contributed by atoms with E-state index in [-0.39, 0.29) is 12.5 Å². The number of rotatable bonds is 9. The topological polar surface area (TPSA) is 90.1 Å². The minimum absolute atomic E-state index is 0.0270. The summed E-state index contributed by atoms with van der Waals surface area (Å²) in [5.41, 5.74) is 6.67. The first kappa shape index (κ1) is 18.2. The summed E-state index contributed by atoms with van der Waals surface area (Å²) in [6.45, 7) is 4.90. The van der Waals surface area contributed by atoms with E-state index in [1.54, 1.807) is 0 Å². The molecule has 1 heterocycles. The second kappa shape index (κ2) is 9.22. The molecule has 6 nitrogen and oxygen atoms in total. The molecule has 2 rings (SSSR count). The first-order valence-corrected chi connectivity index (χ1v) is 8.98. The standard InChI is InChI=1S/C17H24N4O2S/c1-3-12(2)13-7-4-5-8-14(13)23-11-15(22)19-10-6-9-16-20-21-17(18)24-16/h4-5,7-8,12H,3,6,9-11H2,1-2H3,(H2,18,21)(H,19,22)/t12-/m1/s1. The second-order valence-corrected chi connectivity index (χ2v) is 6.72. The van der Waals surface area contributed by atoms with Crippen molar-refractivity contribution in [3.63, 3.8) is 0 Å². The summed E-state index contributed by atoms with van der Waals surface area (Å²) in [6.07, 6.45) is 2.58. The van der Waals surface area contributed by atoms with Crippen LogP contribution in [0.5, 0.6) is 5.75 Å². The molecular formula is C17H24N4O2S. The molecule has 7 heteroatoms. The lowest BCUT2D eigenvalue weighted by atomic mass is 9.98. The Kier molecular flexibility index (Phi) is 6.99. The minimum Gasteiger partial charge on any atom is -0.483 e. The predicted octanol–water partition coefficient (Wildman–Crippen LogP) is 2.76. The first-order chi connectivity index (χ1) is 11.6. The van der Waals surface area contributed by atoms with Gasteiger partial charge in [-0.2, -0.15) is 0 Å². The monoisotopic (exact) mass is 348 g/mol. The lowest BCUT2D eigenvalue weighted by Gasteiger charge is -2.15. The Balaban J connectivity index is 1.71. The van der Waals surface area contributed by atoms with Crippen LogP contribution >= 0.6 is 11.3 Å². The van der Waals surface area contributed by atoms with Crippen LogP contribution in [0.25, 0.3) is 0 Å². The van der Waals surface area contributed by atoms with Crippen LogP contribution in [0, 0.1) is 0 Å². The van der Waals surface area contributed by atoms with Crippen molar-refractivity contribution < 1.29 is 9.53 Å². The molecule has 0 spiro atoms. The van der Waals surface area contributed by atoms with Gasteiger partial charge in [0.1, 0.15) is 10.8 Å². The highest BCUT2D eigenvalue weighted by atomic mass is 32.1. The van der Waals surface area contributed by atoms with Crippen molar-refractivity contribution >= 4 is 22.4 Å². The molecule has 0 aliphatic rings. The summed E-state index contributed by atoms with van der Waals surface area (Å²) < 4.78 is 5.69. The number of carbonyl (C=O) groups is 1. The van der Waals surface area contributed by atoms with Crippen LogP contribution < -0.4 is 15.8 Å². The number of nitrogen functional groups attached to an aromatic ring is 1. The molecular weight excluding hydrogens is 324 g/mol. The van der Waals surface area contributed by atoms with Gasteiger partial charge < -0.3 is 15.8 Å². The molecule has 0 saturated carbocycles. The van der Waals surface area contributed by atoms with E-state index in [1.807, 2.05) is 18.2 Å². The molecule has 1 atom stereocenters. The average Bonchev–Trinajstić information content (AvgIpc) is 3.01. The van der Waals surface area contributed by atoms with E-state index in [9.17, 15) is 4.79 Å². The Hall–Kier alpha value is -2.15. The zero-order valence-corrected chi connectivity index (χ0v) is 14.9. The van der Waals surface area contributed by atoms with Crippen molar-refractivity contribution in [1.29, 1.82) is 0 Å². The van der Waals surface area contributed by atoms with Crippen LogP contribution in [0.3, 0.4) is 0 Å². The lowest BCUT2D eigenvalue weighted by molar-refractivity contribution is -0.123. The van der Waals surface area contributed by atoms with E-state index in [0.29, 0.717) is 17.6 Å². The van der Waals surface area contributed by atoms with Gasteiger partial charge in [-0.3, -0.25) is 4.79 Å². The van der Waals surface area contributed by atoms with E-state index in [2.05, 4.69) is 35.4 Å². The molecule has 1 aromatic carbocycles. The predicted molar refractivity (Wildman–Crippen MR) is 96.3 cm³/mol. The van der Waals surface area contributed by atoms with E-state index in [1.165, 1.54) is 11.3 Å². The Morgan fingerprint density at radius 3 is 2.88 bits per heavy atom. The maximum absolute atomic E-state index is 11.9. The number of hydrogen-bond acceptors (Lipinski definition) is 6. The fourth-order valence-electron chi connectivity index (χ4n) is 2.27. The molecule has 1 amide bonds. The van der Waals surface area contributed by atoms with Crippen molar-refractivity contribution in [3.05, 3.63) is 34.8 Å². The number of carbonyl (C=O) groups excluding carboxylic acids is 1. The van der Waals surface area contributed by atoms with Gasteiger partial charge >= 0.3 is 0 Å². The number of benzene rings is 1. The summed E-state index contributed by atoms with van der Waals surface area (Å²) in [6, 6.07) is 7.88. The number of nitrogens with one attached hydrogen (secondary N) is 1. The largest absolute Gasteiger partial charge is 0.483 e. The molecule has 2 aromatic rings. The number of nitrogens with two attached hydrogens (primary N) is 1. The molecule has 0 bridgehead atoms. The van der Waals surface area contributed by atoms with Gasteiger partial charge in [-0.15, -0.1) is 10.2 Å². The Bertz CT molecular complexity index is 660. The molecule has 1 aromatic heterocycles. The smallest absolute Gasteiger partial charge is 0.257 e. The summed E-state index contributed by atoms with van der Waals surface area (Å²) in [7, 11) is 0. The second-order valence-electron chi connectivity index (χ2n) is 5.62. The Labute approximate surface area is 146 Å². The third-order valence-corrected chi connectivity index (χ3v) is 4.61. The number of para-hydroxylation sites is 1. The highest BCUT2D eigenvalue weighted by molar-refractivity contribution is 7.15. The summed E-state index contributed by atoms with van der Waals surface area (Å²) in [5, 5.41) is 11.9. The van der Waals surface area contributed by atoms with E-state index >= 15 is 0 Å². The van der Waals surface area contributed by atoms with Crippen LogP contribution in [-0.2, 0) is 11.2 Å². The number of amides is 1. The van der Waals surface area contributed by atoms with Gasteiger partial charge in [0, 0.05) is 13.0 Å². The van der Waals surface area contributed by atoms with Crippen molar-refractivity contribution in [3.8, 4) is 5.75 Å². The average molecular weight is 348 g/mol. The quantitative estimate of drug-likeness (QED) is 0.680. The summed E-state index contributed by atoms with van der Waals surface area (Å²) >= 11 is 1.38. The van der Waals surface area contributed by atoms with Crippen molar-refractivity contribution in [2.24, 2.45) is 0 Å². The number of aryl methyl sites for hydroxylation is 1. The lowest BCUT2D eigenvalue weighted by Crippen LogP contribution is -2.30. The molecule has 130 valence electrons. The highest BCUT2D eigenvalue weighted by Gasteiger charge is 2.11. The Morgan fingerprint density at radius 1 is 1.38 bits per heavy atom. The van der Waals surface area contributed by atoms with Crippen molar-refractivity contribution in [1.82, 2.24) is 15.5 Å². The van der Waals surface area contributed by atoms with Crippen molar-refractivity contribution in [2.45, 2.75) is 39.0 Å². The number of hydrogen-bond donors (Lipinski definition) is 2. The molecule has 0 aliphatic carbocycles. The Morgan fingerprint density at radius 2 is 2.17 bits per heavy atom. The maximum atomic E-state index is 11.9. The van der Waals surface area contributed by atoms with Crippen LogP contribution in [0.15, 0.2) is 24.3 Å². The minimum atomic E-state index is -0.120. The number of nitrogens with zero attached hydrogens (tertiary/aromatic N) is 2. The van der Waals surface area contributed by atoms with E-state index in [0.717, 1.165) is 35.6 Å². The van der Waals surface area contributed by atoms with Gasteiger partial charge in [0.05, 0.1) is 0 Å². The third-order valence-electron chi connectivity index (χ3n) is 3.79. The van der Waals surface area contributed by atoms with Crippen LogP contribution in [0.4, 0.5) is 5.13 Å². The SMILES string of the molecule is CC[C@@H](C)c1ccccc1OCC(=O)NCCCc1nnc(N)s1. The number of ether oxygens (including phenoxy) is 1. The molecule has 0 saturated heterocycles. The molecule has 0 radical (unpaired) electrons. The fraction of sp³-hybridized carbons (Fsp3) is 0.471. The van der Waals surface area contributed by atoms with Crippen molar-refractivity contribution in [2.75, 3.05) is 18.9 Å². The molecule has 0 fully saturated rings. The van der Waals surface area contributed by atoms with Gasteiger partial charge in [0.15, 0.2) is 6.61 Å². The van der Waals surface area contributed by atoms with E-state index in [4.69, 9.17) is 10.5 Å². The van der Waals surface area contributed by atoms with Gasteiger partial charge in [0.2, 0.25) is 5.13 Å². The summed E-state index contributed by atoms with van der Waals surface area (Å²) in [5.74, 6) is 1.07. The van der Waals surface area contributed by atoms with E-state index < -0.39 is 0 Å². The normalized spacial score (nSPS) is 11.9. The molecule has 24 heavy (non-hydrogen) atoms. The maximum Gasteiger partial charge on any atom is 0.257 e. The fourth-order valence-corrected chi connectivity index (χ4v) is 2.92.